The molecular formula is C23H23Cl4NO2. The lowest BCUT2D eigenvalue weighted by Crippen LogP contribution is -2.16. The zero-order valence-corrected chi connectivity index (χ0v) is 19.5. The van der Waals surface area contributed by atoms with Gasteiger partial charge in [-0.2, -0.15) is 0 Å². The number of ether oxygens (including phenoxy) is 2. The van der Waals surface area contributed by atoms with Crippen LogP contribution in [0.25, 0.3) is 0 Å². The molecule has 3 nitrogen and oxygen atoms in total. The predicted octanol–water partition coefficient (Wildman–Crippen LogP) is 6.99. The lowest BCUT2D eigenvalue weighted by atomic mass is 10.1. The van der Waals surface area contributed by atoms with Crippen molar-refractivity contribution >= 4 is 47.2 Å². The van der Waals surface area contributed by atoms with Crippen LogP contribution in [0.1, 0.15) is 16.7 Å². The number of nitrogens with one attached hydrogen (secondary N) is 1. The predicted molar refractivity (Wildman–Crippen MR) is 128 cm³/mol. The second-order valence-corrected chi connectivity index (χ2v) is 7.84. The molecule has 0 aliphatic heterocycles. The van der Waals surface area contributed by atoms with Crippen LogP contribution in [0.5, 0.6) is 11.5 Å². The number of methoxy groups -OCH3 is 1. The molecule has 0 saturated heterocycles. The van der Waals surface area contributed by atoms with Crippen LogP contribution < -0.4 is 14.8 Å². The molecule has 3 rings (SSSR count). The molecule has 3 aromatic carbocycles. The van der Waals surface area contributed by atoms with Gasteiger partial charge in [-0.15, -0.1) is 12.4 Å². The Kier molecular flexibility index (Phi) is 10.1. The minimum absolute atomic E-state index is 0. The third-order valence-corrected chi connectivity index (χ3v) is 5.30. The van der Waals surface area contributed by atoms with Crippen LogP contribution in [-0.4, -0.2) is 13.7 Å². The molecule has 7 heteroatoms. The van der Waals surface area contributed by atoms with Gasteiger partial charge in [0.1, 0.15) is 6.61 Å². The third-order valence-electron chi connectivity index (χ3n) is 4.46. The number of benzene rings is 3. The Balaban J connectivity index is 0.00000320. The zero-order chi connectivity index (χ0) is 20.6. The summed E-state index contributed by atoms with van der Waals surface area (Å²) < 4.78 is 11.4. The minimum Gasteiger partial charge on any atom is -0.493 e. The van der Waals surface area contributed by atoms with E-state index in [4.69, 9.17) is 44.3 Å². The first-order valence-corrected chi connectivity index (χ1v) is 10.4. The summed E-state index contributed by atoms with van der Waals surface area (Å²) in [6.45, 7) is 1.95. The largest absolute Gasteiger partial charge is 0.493 e. The summed E-state index contributed by atoms with van der Waals surface area (Å²) in [6.07, 6.45) is 0.942. The van der Waals surface area contributed by atoms with Crippen LogP contribution in [0, 0.1) is 0 Å². The lowest BCUT2D eigenvalue weighted by Gasteiger charge is -2.13. The van der Waals surface area contributed by atoms with Crippen LogP contribution in [-0.2, 0) is 19.6 Å². The van der Waals surface area contributed by atoms with E-state index in [9.17, 15) is 0 Å². The van der Waals surface area contributed by atoms with Gasteiger partial charge in [0.05, 0.1) is 7.11 Å². The molecule has 0 spiro atoms. The maximum absolute atomic E-state index is 6.21. The SMILES string of the molecule is COc1cc(CNCCc2ccc(Cl)cc2)ccc1OCc1ccc(Cl)cc1Cl.Cl. The van der Waals surface area contributed by atoms with Crippen molar-refractivity contribution in [2.75, 3.05) is 13.7 Å². The van der Waals surface area contributed by atoms with Crippen LogP contribution in [0.15, 0.2) is 60.7 Å². The van der Waals surface area contributed by atoms with E-state index in [1.54, 1.807) is 19.2 Å². The van der Waals surface area contributed by atoms with E-state index in [0.717, 1.165) is 35.7 Å². The van der Waals surface area contributed by atoms with Gasteiger partial charge >= 0.3 is 0 Å². The second-order valence-electron chi connectivity index (χ2n) is 6.56. The molecule has 0 atom stereocenters. The fraction of sp³-hybridized carbons (Fsp3) is 0.217. The molecule has 0 amide bonds. The van der Waals surface area contributed by atoms with E-state index in [0.29, 0.717) is 28.2 Å². The first-order chi connectivity index (χ1) is 14.0. The van der Waals surface area contributed by atoms with Gasteiger partial charge in [-0.25, -0.2) is 0 Å². The average Bonchev–Trinajstić information content (AvgIpc) is 2.72. The van der Waals surface area contributed by atoms with Gasteiger partial charge in [0.2, 0.25) is 0 Å². The Morgan fingerprint density at radius 1 is 0.800 bits per heavy atom. The first kappa shape index (κ1) is 24.6. The summed E-state index contributed by atoms with van der Waals surface area (Å²) in [7, 11) is 1.63. The monoisotopic (exact) mass is 485 g/mol. The van der Waals surface area contributed by atoms with Crippen molar-refractivity contribution in [1.29, 1.82) is 0 Å². The fourth-order valence-electron chi connectivity index (χ4n) is 2.85. The van der Waals surface area contributed by atoms with Gasteiger partial charge in [0.15, 0.2) is 11.5 Å². The van der Waals surface area contributed by atoms with Crippen LogP contribution in [0.3, 0.4) is 0 Å². The molecule has 0 unspecified atom stereocenters. The van der Waals surface area contributed by atoms with E-state index in [1.165, 1.54) is 5.56 Å². The molecule has 0 heterocycles. The molecule has 3 aromatic rings. The smallest absolute Gasteiger partial charge is 0.161 e. The molecule has 160 valence electrons. The first-order valence-electron chi connectivity index (χ1n) is 9.24. The van der Waals surface area contributed by atoms with E-state index in [-0.39, 0.29) is 12.4 Å². The molecule has 0 aliphatic carbocycles. The molecule has 0 aliphatic rings. The summed E-state index contributed by atoms with van der Waals surface area (Å²) >= 11 is 18.1. The summed E-state index contributed by atoms with van der Waals surface area (Å²) in [5.41, 5.74) is 3.24. The molecular weight excluding hydrogens is 464 g/mol. The topological polar surface area (TPSA) is 30.5 Å². The Bertz CT molecular complexity index is 948. The Morgan fingerprint density at radius 3 is 2.20 bits per heavy atom. The van der Waals surface area contributed by atoms with Gasteiger partial charge in [0.25, 0.3) is 0 Å². The highest BCUT2D eigenvalue weighted by Gasteiger charge is 2.08. The van der Waals surface area contributed by atoms with E-state index in [2.05, 4.69) is 5.32 Å². The Hall–Kier alpha value is -1.62. The molecule has 0 aromatic heterocycles. The van der Waals surface area contributed by atoms with Gasteiger partial charge in [-0.05, 0) is 60.5 Å². The molecule has 0 bridgehead atoms. The highest BCUT2D eigenvalue weighted by atomic mass is 35.5. The molecule has 30 heavy (non-hydrogen) atoms. The summed E-state index contributed by atoms with van der Waals surface area (Å²) in [5.74, 6) is 1.36. The van der Waals surface area contributed by atoms with Crippen molar-refractivity contribution < 1.29 is 9.47 Å². The third kappa shape index (κ3) is 7.26. The van der Waals surface area contributed by atoms with Crippen molar-refractivity contribution in [2.24, 2.45) is 0 Å². The fourth-order valence-corrected chi connectivity index (χ4v) is 3.44. The van der Waals surface area contributed by atoms with Crippen molar-refractivity contribution in [2.45, 2.75) is 19.6 Å². The average molecular weight is 487 g/mol. The standard InChI is InChI=1S/C23H22Cl3NO2.ClH/c1-28-23-12-17(14-27-11-10-16-2-6-19(24)7-3-16)4-9-22(23)29-15-18-5-8-20(25)13-21(18)26;/h2-9,12-13,27H,10-11,14-15H2,1H3;1H. The normalized spacial score (nSPS) is 10.4. The Labute approximate surface area is 198 Å². The highest BCUT2D eigenvalue weighted by Crippen LogP contribution is 2.30. The van der Waals surface area contributed by atoms with Crippen LogP contribution in [0.2, 0.25) is 15.1 Å². The van der Waals surface area contributed by atoms with Gasteiger partial charge < -0.3 is 14.8 Å². The quantitative estimate of drug-likeness (QED) is 0.330. The van der Waals surface area contributed by atoms with Gasteiger partial charge in [-0.1, -0.05) is 59.1 Å². The Morgan fingerprint density at radius 2 is 1.50 bits per heavy atom. The summed E-state index contributed by atoms with van der Waals surface area (Å²) in [4.78, 5) is 0. The number of hydrogen-bond acceptors (Lipinski definition) is 3. The number of hydrogen-bond donors (Lipinski definition) is 1. The van der Waals surface area contributed by atoms with Crippen LogP contribution >= 0.6 is 47.2 Å². The van der Waals surface area contributed by atoms with Crippen LogP contribution in [0.4, 0.5) is 0 Å². The second kappa shape index (κ2) is 12.3. The zero-order valence-electron chi connectivity index (χ0n) is 16.5. The van der Waals surface area contributed by atoms with Gasteiger partial charge in [-0.3, -0.25) is 0 Å². The maximum atomic E-state index is 6.21. The highest BCUT2D eigenvalue weighted by molar-refractivity contribution is 6.35. The molecule has 0 fully saturated rings. The number of halogens is 4. The van der Waals surface area contributed by atoms with Crippen molar-refractivity contribution in [3.63, 3.8) is 0 Å². The van der Waals surface area contributed by atoms with Crippen molar-refractivity contribution in [3.8, 4) is 11.5 Å². The van der Waals surface area contributed by atoms with Gasteiger partial charge in [0, 0.05) is 27.2 Å². The molecule has 1 N–H and O–H groups in total. The lowest BCUT2D eigenvalue weighted by molar-refractivity contribution is 0.284. The maximum Gasteiger partial charge on any atom is 0.161 e. The molecule has 0 saturated carbocycles. The van der Waals surface area contributed by atoms with E-state index in [1.807, 2.05) is 48.5 Å². The molecule has 0 radical (unpaired) electrons. The van der Waals surface area contributed by atoms with Crippen molar-refractivity contribution in [3.05, 3.63) is 92.4 Å². The van der Waals surface area contributed by atoms with E-state index < -0.39 is 0 Å². The minimum atomic E-state index is 0. The van der Waals surface area contributed by atoms with E-state index >= 15 is 0 Å². The summed E-state index contributed by atoms with van der Waals surface area (Å²) in [6, 6.07) is 19.2. The summed E-state index contributed by atoms with van der Waals surface area (Å²) in [5, 5.41) is 5.39. The van der Waals surface area contributed by atoms with Crippen molar-refractivity contribution in [1.82, 2.24) is 5.32 Å². The number of rotatable bonds is 9.